The van der Waals surface area contributed by atoms with E-state index in [0.29, 0.717) is 19.0 Å². The molecule has 0 saturated heterocycles. The predicted molar refractivity (Wildman–Crippen MR) is 92.4 cm³/mol. The van der Waals surface area contributed by atoms with Gasteiger partial charge < -0.3 is 19.5 Å². The number of rotatable bonds is 9. The van der Waals surface area contributed by atoms with Crippen LogP contribution in [-0.2, 0) is 15.6 Å². The van der Waals surface area contributed by atoms with E-state index >= 15 is 0 Å². The molecule has 5 heteroatoms. The van der Waals surface area contributed by atoms with Gasteiger partial charge in [-0.1, -0.05) is 18.2 Å². The molecular formula is C17H24NO3P. The van der Waals surface area contributed by atoms with E-state index in [9.17, 15) is 5.11 Å². The number of nitrogens with one attached hydrogen (secondary N) is 1. The average molecular weight is 321 g/mol. The quantitative estimate of drug-likeness (QED) is 0.541. The lowest BCUT2D eigenvalue weighted by molar-refractivity contribution is 0.269. The van der Waals surface area contributed by atoms with Gasteiger partial charge in [-0.2, -0.15) is 0 Å². The minimum absolute atomic E-state index is 0.304. The van der Waals surface area contributed by atoms with Crippen molar-refractivity contribution >= 4 is 19.1 Å². The topological polar surface area (TPSA) is 50.7 Å². The van der Waals surface area contributed by atoms with Crippen LogP contribution in [0.25, 0.3) is 10.8 Å². The van der Waals surface area contributed by atoms with E-state index in [1.807, 2.05) is 26.0 Å². The Balaban J connectivity index is 1.82. The first-order chi connectivity index (χ1) is 10.7. The molecule has 2 aromatic carbocycles. The van der Waals surface area contributed by atoms with Gasteiger partial charge in [0.25, 0.3) is 0 Å². The fraction of sp³-hybridized carbons (Fsp3) is 0.412. The van der Waals surface area contributed by atoms with Crippen molar-refractivity contribution in [3.63, 3.8) is 0 Å². The van der Waals surface area contributed by atoms with Gasteiger partial charge in [0.15, 0.2) is 8.38 Å². The zero-order chi connectivity index (χ0) is 15.8. The molecule has 0 bridgehead atoms. The number of fused-ring (bicyclic) bond motifs is 1. The van der Waals surface area contributed by atoms with E-state index in [-0.39, 0.29) is 0 Å². The summed E-state index contributed by atoms with van der Waals surface area (Å²) in [7, 11) is -0.764. The minimum atomic E-state index is -0.764. The molecule has 2 aromatic rings. The van der Waals surface area contributed by atoms with Gasteiger partial charge in [0.05, 0.1) is 13.2 Å². The van der Waals surface area contributed by atoms with Crippen LogP contribution in [0.3, 0.4) is 0 Å². The highest BCUT2D eigenvalue weighted by atomic mass is 31.2. The summed E-state index contributed by atoms with van der Waals surface area (Å²) in [6.45, 7) is 7.08. The van der Waals surface area contributed by atoms with Crippen molar-refractivity contribution in [2.24, 2.45) is 0 Å². The number of phenols is 1. The fourth-order valence-electron chi connectivity index (χ4n) is 2.25. The maximum absolute atomic E-state index is 9.48. The van der Waals surface area contributed by atoms with E-state index < -0.39 is 8.38 Å². The van der Waals surface area contributed by atoms with Crippen molar-refractivity contribution in [3.8, 4) is 5.75 Å². The third-order valence-electron chi connectivity index (χ3n) is 3.23. The largest absolute Gasteiger partial charge is 0.508 e. The van der Waals surface area contributed by atoms with E-state index in [1.165, 1.54) is 5.56 Å². The smallest absolute Gasteiger partial charge is 0.171 e. The first-order valence-electron chi connectivity index (χ1n) is 7.68. The van der Waals surface area contributed by atoms with Gasteiger partial charge in [0.2, 0.25) is 0 Å². The molecule has 0 heterocycles. The number of hydrogen-bond donors (Lipinski definition) is 2. The summed E-state index contributed by atoms with van der Waals surface area (Å²) in [5.74, 6) is 0.304. The molecule has 0 fully saturated rings. The number of aromatic hydroxyl groups is 1. The van der Waals surface area contributed by atoms with E-state index in [1.54, 1.807) is 12.1 Å². The van der Waals surface area contributed by atoms with Crippen molar-refractivity contribution in [3.05, 3.63) is 42.0 Å². The Bertz CT molecular complexity index is 585. The van der Waals surface area contributed by atoms with Crippen molar-refractivity contribution in [1.82, 2.24) is 5.32 Å². The van der Waals surface area contributed by atoms with Crippen LogP contribution in [0, 0.1) is 0 Å². The Morgan fingerprint density at radius 2 is 1.68 bits per heavy atom. The lowest BCUT2D eigenvalue weighted by atomic mass is 10.1. The molecule has 2 rings (SSSR count). The van der Waals surface area contributed by atoms with E-state index in [4.69, 9.17) is 9.05 Å². The zero-order valence-electron chi connectivity index (χ0n) is 13.2. The molecule has 0 atom stereocenters. The third kappa shape index (κ3) is 5.22. The van der Waals surface area contributed by atoms with Gasteiger partial charge in [-0.05, 0) is 48.4 Å². The average Bonchev–Trinajstić information content (AvgIpc) is 2.52. The molecule has 0 aliphatic heterocycles. The van der Waals surface area contributed by atoms with Crippen LogP contribution in [-0.4, -0.2) is 31.0 Å². The van der Waals surface area contributed by atoms with Crippen LogP contribution < -0.4 is 5.32 Å². The molecule has 0 aliphatic rings. The van der Waals surface area contributed by atoms with Crippen molar-refractivity contribution in [2.45, 2.75) is 20.4 Å². The number of benzene rings is 2. The molecule has 0 saturated carbocycles. The Hall–Kier alpha value is -1.19. The highest BCUT2D eigenvalue weighted by molar-refractivity contribution is 7.47. The maximum Gasteiger partial charge on any atom is 0.171 e. The number of hydrogen-bond acceptors (Lipinski definition) is 4. The molecule has 0 spiro atoms. The third-order valence-corrected chi connectivity index (χ3v) is 4.92. The first-order valence-corrected chi connectivity index (χ1v) is 9.05. The SMILES string of the molecule is CCOP(CCNCc1ccc2cc(O)ccc2c1)OCC. The Labute approximate surface area is 133 Å². The van der Waals surface area contributed by atoms with Gasteiger partial charge in [-0.3, -0.25) is 0 Å². The second-order valence-corrected chi connectivity index (χ2v) is 6.56. The zero-order valence-corrected chi connectivity index (χ0v) is 14.1. The summed E-state index contributed by atoms with van der Waals surface area (Å²) in [6, 6.07) is 11.7. The molecule has 22 heavy (non-hydrogen) atoms. The van der Waals surface area contributed by atoms with Gasteiger partial charge >= 0.3 is 0 Å². The summed E-state index contributed by atoms with van der Waals surface area (Å²) in [5, 5.41) is 15.1. The van der Waals surface area contributed by atoms with Gasteiger partial charge in [-0.15, -0.1) is 0 Å². The standard InChI is InChI=1S/C17H24NO3P/c1-3-20-22(21-4-2)10-9-18-13-14-5-6-16-12-17(19)8-7-15(16)11-14/h5-8,11-12,18-19H,3-4,9-10,13H2,1-2H3. The number of phenolic OH excluding ortho intramolecular Hbond substituents is 1. The fourth-order valence-corrected chi connectivity index (χ4v) is 3.50. The monoisotopic (exact) mass is 321 g/mol. The highest BCUT2D eigenvalue weighted by Crippen LogP contribution is 2.36. The van der Waals surface area contributed by atoms with Crippen molar-refractivity contribution in [2.75, 3.05) is 25.9 Å². The summed E-state index contributed by atoms with van der Waals surface area (Å²) >= 11 is 0. The van der Waals surface area contributed by atoms with Gasteiger partial charge in [0, 0.05) is 19.3 Å². The summed E-state index contributed by atoms with van der Waals surface area (Å²) < 4.78 is 11.2. The second kappa shape index (κ2) is 9.06. The Kier molecular flexibility index (Phi) is 7.07. The summed E-state index contributed by atoms with van der Waals surface area (Å²) in [4.78, 5) is 0. The molecule has 2 N–H and O–H groups in total. The van der Waals surface area contributed by atoms with Crippen LogP contribution in [0.1, 0.15) is 19.4 Å². The molecule has 0 radical (unpaired) electrons. The molecular weight excluding hydrogens is 297 g/mol. The lowest BCUT2D eigenvalue weighted by Crippen LogP contribution is -2.18. The Morgan fingerprint density at radius 1 is 1.00 bits per heavy atom. The van der Waals surface area contributed by atoms with Crippen LogP contribution in [0.4, 0.5) is 0 Å². The predicted octanol–water partition coefficient (Wildman–Crippen LogP) is 4.02. The molecule has 4 nitrogen and oxygen atoms in total. The highest BCUT2D eigenvalue weighted by Gasteiger charge is 2.08. The van der Waals surface area contributed by atoms with Gasteiger partial charge in [0.1, 0.15) is 5.75 Å². The summed E-state index contributed by atoms with van der Waals surface area (Å²) in [6.07, 6.45) is 0.901. The van der Waals surface area contributed by atoms with Crippen LogP contribution in [0.2, 0.25) is 0 Å². The molecule has 0 amide bonds. The van der Waals surface area contributed by atoms with Crippen molar-refractivity contribution < 1.29 is 14.2 Å². The molecule has 0 aromatic heterocycles. The second-order valence-electron chi connectivity index (χ2n) is 4.93. The van der Waals surface area contributed by atoms with Crippen molar-refractivity contribution in [1.29, 1.82) is 0 Å². The molecule has 0 unspecified atom stereocenters. The Morgan fingerprint density at radius 3 is 2.41 bits per heavy atom. The first kappa shape index (κ1) is 17.2. The maximum atomic E-state index is 9.48. The van der Waals surface area contributed by atoms with Crippen LogP contribution in [0.5, 0.6) is 5.75 Å². The van der Waals surface area contributed by atoms with Crippen LogP contribution in [0.15, 0.2) is 36.4 Å². The molecule has 0 aliphatic carbocycles. The summed E-state index contributed by atoms with van der Waals surface area (Å²) in [5.41, 5.74) is 1.23. The minimum Gasteiger partial charge on any atom is -0.508 e. The van der Waals surface area contributed by atoms with Gasteiger partial charge in [-0.25, -0.2) is 0 Å². The van der Waals surface area contributed by atoms with E-state index in [2.05, 4.69) is 17.4 Å². The van der Waals surface area contributed by atoms with E-state index in [0.717, 1.165) is 30.0 Å². The lowest BCUT2D eigenvalue weighted by Gasteiger charge is -2.15. The normalized spacial score (nSPS) is 11.4. The van der Waals surface area contributed by atoms with Crippen LogP contribution >= 0.6 is 8.38 Å². The molecule has 120 valence electrons.